The van der Waals surface area contributed by atoms with E-state index in [9.17, 15) is 9.59 Å². The van der Waals surface area contributed by atoms with Crippen molar-refractivity contribution in [3.63, 3.8) is 0 Å². The van der Waals surface area contributed by atoms with E-state index in [4.69, 9.17) is 4.74 Å². The molecule has 1 amide bonds. The first-order chi connectivity index (χ1) is 18.5. The zero-order valence-electron chi connectivity index (χ0n) is 21.8. The number of nitrogens with zero attached hydrogens (tertiary/aromatic N) is 4. The Morgan fingerprint density at radius 2 is 1.79 bits per heavy atom. The maximum Gasteiger partial charge on any atom is 0.350 e. The van der Waals surface area contributed by atoms with Crippen LogP contribution >= 0.6 is 11.3 Å². The Labute approximate surface area is 226 Å². The molecule has 196 valence electrons. The second-order valence-electron chi connectivity index (χ2n) is 10.7. The Bertz CT molecular complexity index is 1430. The van der Waals surface area contributed by atoms with Gasteiger partial charge in [0, 0.05) is 41.4 Å². The molecule has 2 aliphatic carbocycles. The summed E-state index contributed by atoms with van der Waals surface area (Å²) in [6, 6.07) is 14.0. The molecule has 8 heteroatoms. The number of carbonyl (C=O) groups is 2. The van der Waals surface area contributed by atoms with Gasteiger partial charge in [-0.25, -0.2) is 14.3 Å². The summed E-state index contributed by atoms with van der Waals surface area (Å²) in [6.07, 6.45) is 9.92. The highest BCUT2D eigenvalue weighted by Crippen LogP contribution is 2.42. The number of hydrogen-bond acceptors (Lipinski definition) is 6. The van der Waals surface area contributed by atoms with Crippen LogP contribution in [0.2, 0.25) is 0 Å². The van der Waals surface area contributed by atoms with E-state index in [2.05, 4.69) is 17.0 Å². The minimum Gasteiger partial charge on any atom is -0.465 e. The first-order valence-corrected chi connectivity index (χ1v) is 14.3. The van der Waals surface area contributed by atoms with Gasteiger partial charge in [-0.2, -0.15) is 5.10 Å². The van der Waals surface area contributed by atoms with Crippen molar-refractivity contribution >= 4 is 34.5 Å². The number of ether oxygens (including phenoxy) is 1. The number of rotatable bonds is 7. The normalized spacial score (nSPS) is 19.4. The highest BCUT2D eigenvalue weighted by Gasteiger charge is 2.35. The van der Waals surface area contributed by atoms with Crippen molar-refractivity contribution in [2.45, 2.75) is 45.4 Å². The van der Waals surface area contributed by atoms with Crippen molar-refractivity contribution in [2.75, 3.05) is 18.6 Å². The summed E-state index contributed by atoms with van der Waals surface area (Å²) in [7, 11) is 1.40. The predicted molar refractivity (Wildman–Crippen MR) is 149 cm³/mol. The molecule has 0 atom stereocenters. The van der Waals surface area contributed by atoms with Crippen LogP contribution in [-0.2, 0) is 9.53 Å². The van der Waals surface area contributed by atoms with Gasteiger partial charge in [0.05, 0.1) is 18.5 Å². The molecule has 2 saturated carbocycles. The summed E-state index contributed by atoms with van der Waals surface area (Å²) < 4.78 is 6.92. The van der Waals surface area contributed by atoms with E-state index in [1.165, 1.54) is 18.4 Å². The number of esters is 1. The fourth-order valence-electron chi connectivity index (χ4n) is 5.33. The van der Waals surface area contributed by atoms with Crippen molar-refractivity contribution in [2.24, 2.45) is 17.8 Å². The molecule has 0 saturated heterocycles. The van der Waals surface area contributed by atoms with E-state index in [1.54, 1.807) is 10.7 Å². The third-order valence-corrected chi connectivity index (χ3v) is 9.00. The Hall–Kier alpha value is -3.52. The molecule has 3 aromatic heterocycles. The quantitative estimate of drug-likeness (QED) is 0.257. The minimum absolute atomic E-state index is 0.0259. The first-order valence-electron chi connectivity index (χ1n) is 13.4. The van der Waals surface area contributed by atoms with Gasteiger partial charge in [0.15, 0.2) is 5.65 Å². The summed E-state index contributed by atoms with van der Waals surface area (Å²) in [5.41, 5.74) is 4.32. The number of thiophene rings is 1. The molecule has 0 bridgehead atoms. The molecule has 0 aliphatic heterocycles. The molecule has 0 radical (unpaired) electrons. The smallest absolute Gasteiger partial charge is 0.350 e. The molecule has 7 nitrogen and oxygen atoms in total. The monoisotopic (exact) mass is 528 g/mol. The predicted octanol–water partition coefficient (Wildman–Crippen LogP) is 6.48. The Balaban J connectivity index is 1.32. The molecular weight excluding hydrogens is 496 g/mol. The van der Waals surface area contributed by atoms with Crippen LogP contribution < -0.4 is 4.90 Å². The molecule has 2 fully saturated rings. The Morgan fingerprint density at radius 3 is 2.47 bits per heavy atom. The summed E-state index contributed by atoms with van der Waals surface area (Å²) in [5.74, 6) is 0.978. The van der Waals surface area contributed by atoms with Crippen molar-refractivity contribution < 1.29 is 14.3 Å². The molecule has 4 aromatic rings. The maximum atomic E-state index is 13.8. The van der Waals surface area contributed by atoms with Crippen LogP contribution in [0.3, 0.4) is 0 Å². The Morgan fingerprint density at radius 1 is 1.05 bits per heavy atom. The summed E-state index contributed by atoms with van der Waals surface area (Å²) in [4.78, 5) is 34.4. The molecule has 0 spiro atoms. The van der Waals surface area contributed by atoms with Gasteiger partial charge in [0.2, 0.25) is 5.91 Å². The lowest BCUT2D eigenvalue weighted by molar-refractivity contribution is -0.123. The van der Waals surface area contributed by atoms with Crippen molar-refractivity contribution in [3.05, 3.63) is 59.7 Å². The zero-order valence-corrected chi connectivity index (χ0v) is 22.6. The number of hydrogen-bond donors (Lipinski definition) is 0. The lowest BCUT2D eigenvalue weighted by Crippen LogP contribution is -2.39. The number of aromatic nitrogens is 3. The number of methoxy groups -OCH3 is 1. The molecule has 6 rings (SSSR count). The van der Waals surface area contributed by atoms with Crippen LogP contribution in [0, 0.1) is 17.8 Å². The van der Waals surface area contributed by atoms with Crippen molar-refractivity contribution in [3.8, 4) is 21.7 Å². The van der Waals surface area contributed by atoms with E-state index in [1.807, 2.05) is 53.6 Å². The van der Waals surface area contributed by atoms with E-state index in [0.29, 0.717) is 28.9 Å². The molecule has 1 aromatic carbocycles. The van der Waals surface area contributed by atoms with Crippen molar-refractivity contribution in [1.82, 2.24) is 14.6 Å². The minimum atomic E-state index is -0.393. The van der Waals surface area contributed by atoms with Gasteiger partial charge in [-0.3, -0.25) is 4.79 Å². The van der Waals surface area contributed by atoms with Crippen LogP contribution in [0.5, 0.6) is 0 Å². The summed E-state index contributed by atoms with van der Waals surface area (Å²) in [6.45, 7) is 2.94. The third-order valence-electron chi connectivity index (χ3n) is 7.84. The van der Waals surface area contributed by atoms with Gasteiger partial charge in [-0.15, -0.1) is 11.3 Å². The highest BCUT2D eigenvalue weighted by atomic mass is 32.1. The van der Waals surface area contributed by atoms with Gasteiger partial charge in [-0.05, 0) is 68.1 Å². The lowest BCUT2D eigenvalue weighted by atomic mass is 9.82. The lowest BCUT2D eigenvalue weighted by Gasteiger charge is -2.31. The molecule has 2 aliphatic rings. The van der Waals surface area contributed by atoms with Gasteiger partial charge >= 0.3 is 5.97 Å². The molecule has 0 N–H and O–H groups in total. The van der Waals surface area contributed by atoms with Crippen LogP contribution in [0.4, 0.5) is 5.69 Å². The molecule has 3 heterocycles. The number of fused-ring (bicyclic) bond motifs is 1. The molecule has 0 unspecified atom stereocenters. The SMILES string of the molecule is COC(=O)c1sc(-c2ccc(-c3cc4ncccn4n3)cc2)cc1N(CC1CC1)C(=O)[C@H]1CC[C@H](C)CC1. The fourth-order valence-corrected chi connectivity index (χ4v) is 6.42. The molecular formula is C30H32N4O3S. The second kappa shape index (κ2) is 10.3. The van der Waals surface area contributed by atoms with E-state index >= 15 is 0 Å². The van der Waals surface area contributed by atoms with Crippen LogP contribution in [0.1, 0.15) is 55.1 Å². The van der Waals surface area contributed by atoms with Gasteiger partial charge < -0.3 is 9.64 Å². The number of amides is 1. The van der Waals surface area contributed by atoms with E-state index in [0.717, 1.165) is 65.9 Å². The van der Waals surface area contributed by atoms with Gasteiger partial charge in [-0.1, -0.05) is 31.2 Å². The largest absolute Gasteiger partial charge is 0.465 e. The van der Waals surface area contributed by atoms with E-state index < -0.39 is 5.97 Å². The van der Waals surface area contributed by atoms with Crippen LogP contribution in [-0.4, -0.2) is 40.1 Å². The number of carbonyl (C=O) groups excluding carboxylic acids is 2. The average molecular weight is 529 g/mol. The zero-order chi connectivity index (χ0) is 26.2. The first kappa shape index (κ1) is 24.8. The van der Waals surface area contributed by atoms with Crippen LogP contribution in [0.15, 0.2) is 54.9 Å². The third kappa shape index (κ3) is 4.97. The standard InChI is InChI=1S/C30H32N4O3S/c1-19-4-8-23(9-5-19)29(35)33(18-20-6-7-20)25-17-26(38-28(25)30(36)37-2)22-12-10-21(11-13-22)24-16-27-31-14-3-15-34(27)32-24/h3,10-17,19-20,23H,4-9,18H2,1-2H3/t19-,23-. The average Bonchev–Trinajstić information content (AvgIpc) is 3.49. The topological polar surface area (TPSA) is 76.8 Å². The fraction of sp³-hybridized carbons (Fsp3) is 0.400. The van der Waals surface area contributed by atoms with Gasteiger partial charge in [0.25, 0.3) is 0 Å². The summed E-state index contributed by atoms with van der Waals surface area (Å²) in [5, 5.41) is 4.61. The van der Waals surface area contributed by atoms with Crippen molar-refractivity contribution in [1.29, 1.82) is 0 Å². The second-order valence-corrected chi connectivity index (χ2v) is 11.7. The van der Waals surface area contributed by atoms with Crippen LogP contribution in [0.25, 0.3) is 27.3 Å². The highest BCUT2D eigenvalue weighted by molar-refractivity contribution is 7.18. The summed E-state index contributed by atoms with van der Waals surface area (Å²) >= 11 is 1.39. The number of anilines is 1. The Kier molecular flexibility index (Phi) is 6.74. The number of benzene rings is 1. The maximum absolute atomic E-state index is 13.8. The van der Waals surface area contributed by atoms with E-state index in [-0.39, 0.29) is 11.8 Å². The van der Waals surface area contributed by atoms with Gasteiger partial charge in [0.1, 0.15) is 4.88 Å². The molecule has 38 heavy (non-hydrogen) atoms.